The highest BCUT2D eigenvalue weighted by atomic mass is 35.5. The second-order valence-corrected chi connectivity index (χ2v) is 13.5. The number of aliphatic imine (C=N–C) groups is 1. The molecule has 0 spiro atoms. The molecule has 0 aliphatic carbocycles. The van der Waals surface area contributed by atoms with E-state index in [1.165, 1.54) is 4.88 Å². The van der Waals surface area contributed by atoms with Crippen LogP contribution in [0.5, 0.6) is 0 Å². The third-order valence-electron chi connectivity index (χ3n) is 8.55. The quantitative estimate of drug-likeness (QED) is 0.151. The normalized spacial score (nSPS) is 14.4. The number of carbonyl (C=O) groups excluding carboxylic acids is 2. The summed E-state index contributed by atoms with van der Waals surface area (Å²) in [7, 11) is 0. The monoisotopic (exact) mass is 729 g/mol. The topological polar surface area (TPSA) is 148 Å². The number of hydrogen-bond acceptors (Lipinski definition) is 10. The third kappa shape index (κ3) is 7.29. The summed E-state index contributed by atoms with van der Waals surface area (Å²) >= 11 is 7.88. The highest BCUT2D eigenvalue weighted by molar-refractivity contribution is 7.59. The van der Waals surface area contributed by atoms with Gasteiger partial charge in [0.2, 0.25) is 17.8 Å². The molecule has 50 heavy (non-hydrogen) atoms. The Bertz CT molecular complexity index is 2080. The zero-order chi connectivity index (χ0) is 34.1. The van der Waals surface area contributed by atoms with Gasteiger partial charge in [-0.05, 0) is 61.7 Å². The van der Waals surface area contributed by atoms with Gasteiger partial charge < -0.3 is 20.7 Å². The molecule has 3 N–H and O–H groups in total. The number of anilines is 2. The fraction of sp³-hybridized carbons (Fsp3) is 0.286. The van der Waals surface area contributed by atoms with Crippen LogP contribution in [0.3, 0.4) is 0 Å². The van der Waals surface area contributed by atoms with Gasteiger partial charge in [-0.2, -0.15) is 13.5 Å². The lowest BCUT2D eigenvalue weighted by molar-refractivity contribution is -0.121. The van der Waals surface area contributed by atoms with Crippen molar-refractivity contribution in [3.05, 3.63) is 98.7 Å². The number of thiophene rings is 1. The van der Waals surface area contributed by atoms with Crippen LogP contribution in [0.25, 0.3) is 16.1 Å². The van der Waals surface area contributed by atoms with Gasteiger partial charge in [-0.15, -0.1) is 21.5 Å². The summed E-state index contributed by atoms with van der Waals surface area (Å²) in [6, 6.07) is 12.9. The van der Waals surface area contributed by atoms with E-state index in [1.54, 1.807) is 23.7 Å². The van der Waals surface area contributed by atoms with E-state index in [4.69, 9.17) is 21.3 Å². The lowest BCUT2D eigenvalue weighted by Gasteiger charge is -2.13. The Kier molecular flexibility index (Phi) is 10.6. The predicted octanol–water partition coefficient (Wildman–Crippen LogP) is 5.50. The van der Waals surface area contributed by atoms with Gasteiger partial charge in [-0.1, -0.05) is 29.8 Å². The molecule has 7 rings (SSSR count). The van der Waals surface area contributed by atoms with Crippen LogP contribution in [0.1, 0.15) is 51.2 Å². The van der Waals surface area contributed by atoms with Gasteiger partial charge in [0.25, 0.3) is 0 Å². The molecule has 0 bridgehead atoms. The average molecular weight is 730 g/mol. The number of nitrogens with zero attached hydrogens (tertiary/aromatic N) is 6. The number of carbonyl (C=O) groups is 2. The van der Waals surface area contributed by atoms with Crippen LogP contribution in [0.4, 0.5) is 11.6 Å². The minimum absolute atomic E-state index is 0. The van der Waals surface area contributed by atoms with Crippen LogP contribution in [0, 0.1) is 20.8 Å². The summed E-state index contributed by atoms with van der Waals surface area (Å²) in [4.78, 5) is 40.0. The first-order valence-electron chi connectivity index (χ1n) is 15.9. The van der Waals surface area contributed by atoms with E-state index in [2.05, 4.69) is 50.0 Å². The largest absolute Gasteiger partial charge is 0.378 e. The summed E-state index contributed by atoms with van der Waals surface area (Å²) in [5.74, 6) is 1.72. The molecule has 5 aromatic rings. The van der Waals surface area contributed by atoms with Crippen molar-refractivity contribution in [1.29, 1.82) is 0 Å². The minimum Gasteiger partial charge on any atom is -0.378 e. The Morgan fingerprint density at radius 1 is 1.02 bits per heavy atom. The maximum atomic E-state index is 13.2. The van der Waals surface area contributed by atoms with E-state index in [0.717, 1.165) is 55.6 Å². The lowest BCUT2D eigenvalue weighted by Crippen LogP contribution is -2.29. The first-order valence-corrected chi connectivity index (χ1v) is 17.1. The van der Waals surface area contributed by atoms with Crippen molar-refractivity contribution in [2.45, 2.75) is 39.7 Å². The molecule has 0 fully saturated rings. The Balaban J connectivity index is 0.00000432. The first kappa shape index (κ1) is 35.2. The maximum Gasteiger partial charge on any atom is 0.228 e. The number of ether oxygens (including phenoxy) is 1. The number of aryl methyl sites for hydroxylation is 2. The molecule has 2 aliphatic rings. The molecule has 2 amide bonds. The van der Waals surface area contributed by atoms with Crippen molar-refractivity contribution in [2.24, 2.45) is 4.99 Å². The molecule has 2 aliphatic heterocycles. The van der Waals surface area contributed by atoms with Gasteiger partial charge in [0, 0.05) is 57.8 Å². The molecule has 5 heterocycles. The summed E-state index contributed by atoms with van der Waals surface area (Å²) in [6.07, 6.45) is 3.99. The number of amides is 2. The summed E-state index contributed by atoms with van der Waals surface area (Å²) in [5, 5.41) is 19.4. The second-order valence-electron chi connectivity index (χ2n) is 11.9. The van der Waals surface area contributed by atoms with Crippen molar-refractivity contribution in [3.8, 4) is 16.1 Å². The van der Waals surface area contributed by atoms with Gasteiger partial charge in [-0.3, -0.25) is 19.1 Å². The number of hydrogen-bond donors (Lipinski definition) is 3. The van der Waals surface area contributed by atoms with Gasteiger partial charge >= 0.3 is 0 Å². The summed E-state index contributed by atoms with van der Waals surface area (Å²) in [6.45, 7) is 7.72. The smallest absolute Gasteiger partial charge is 0.228 e. The van der Waals surface area contributed by atoms with E-state index in [1.807, 2.05) is 54.0 Å². The zero-order valence-electron chi connectivity index (χ0n) is 27.7. The minimum atomic E-state index is -0.536. The summed E-state index contributed by atoms with van der Waals surface area (Å²) < 4.78 is 7.76. The Labute approximate surface area is 305 Å². The van der Waals surface area contributed by atoms with Crippen LogP contribution < -0.4 is 16.0 Å². The van der Waals surface area contributed by atoms with Crippen LogP contribution >= 0.6 is 36.4 Å². The molecule has 0 saturated carbocycles. The van der Waals surface area contributed by atoms with E-state index in [-0.39, 0.29) is 31.7 Å². The van der Waals surface area contributed by atoms with Gasteiger partial charge in [0.15, 0.2) is 5.82 Å². The number of benzene rings is 2. The van der Waals surface area contributed by atoms with Gasteiger partial charge in [-0.25, -0.2) is 9.97 Å². The first-order chi connectivity index (χ1) is 23.7. The highest BCUT2D eigenvalue weighted by Crippen LogP contribution is 2.39. The van der Waals surface area contributed by atoms with Gasteiger partial charge in [0.1, 0.15) is 16.9 Å². The molecule has 0 radical (unpaired) electrons. The van der Waals surface area contributed by atoms with Crippen molar-refractivity contribution < 1.29 is 14.3 Å². The van der Waals surface area contributed by atoms with Crippen LogP contribution in [-0.4, -0.2) is 68.6 Å². The third-order valence-corrected chi connectivity index (χ3v) is 9.99. The SMILES string of the molecule is Cc1sc2c(c1C)C(c1ccc(Cl)cc1)=N[C@@H](CC(=O)NCCOCCNc1ncc(-c3ccc4c(c3)CC(=O)N4)cn1)c1nnc(C)n1-2.S. The molecule has 0 unspecified atom stereocenters. The van der Waals surface area contributed by atoms with E-state index in [9.17, 15) is 9.59 Å². The summed E-state index contributed by atoms with van der Waals surface area (Å²) in [5.41, 5.74) is 7.55. The molecule has 3 aromatic heterocycles. The Hall–Kier alpha value is -4.63. The molecule has 258 valence electrons. The maximum absolute atomic E-state index is 13.2. The Morgan fingerprint density at radius 2 is 1.76 bits per heavy atom. The molecule has 2 aromatic carbocycles. The molecular formula is C35H36ClN9O3S2. The number of aromatic nitrogens is 5. The second kappa shape index (κ2) is 15.1. The standard InChI is InChI=1S/C35H34ClN9O3S.H2S/c1-19-20(2)49-34-31(19)32(22-4-7-26(36)8-5-22)42-28(33-44-43-21(3)45(33)34)16-29(46)37-10-12-48-13-11-38-35-39-17-25(18-40-35)23-6-9-27-24(14-23)15-30(47)41-27;/h4-9,14,17-18,28H,10-13,15-16H2,1-3H3,(H,37,46)(H,41,47)(H,38,39,40);1H2/t28-;/m0./s1. The Morgan fingerprint density at radius 3 is 2.54 bits per heavy atom. The lowest BCUT2D eigenvalue weighted by atomic mass is 9.99. The molecule has 12 nitrogen and oxygen atoms in total. The number of rotatable bonds is 11. The van der Waals surface area contributed by atoms with E-state index >= 15 is 0 Å². The van der Waals surface area contributed by atoms with Crippen LogP contribution in [0.15, 0.2) is 59.9 Å². The number of halogens is 1. The fourth-order valence-electron chi connectivity index (χ4n) is 5.96. The molecule has 15 heteroatoms. The molecular weight excluding hydrogens is 694 g/mol. The van der Waals surface area contributed by atoms with Crippen molar-refractivity contribution in [3.63, 3.8) is 0 Å². The van der Waals surface area contributed by atoms with Gasteiger partial charge in [0.05, 0.1) is 31.8 Å². The van der Waals surface area contributed by atoms with Crippen molar-refractivity contribution in [2.75, 3.05) is 36.9 Å². The average Bonchev–Trinajstić information content (AvgIpc) is 3.73. The highest BCUT2D eigenvalue weighted by Gasteiger charge is 2.32. The van der Waals surface area contributed by atoms with Crippen molar-refractivity contribution in [1.82, 2.24) is 30.0 Å². The molecule has 1 atom stereocenters. The van der Waals surface area contributed by atoms with E-state index in [0.29, 0.717) is 49.5 Å². The number of fused-ring (bicyclic) bond motifs is 4. The predicted molar refractivity (Wildman–Crippen MR) is 200 cm³/mol. The molecule has 0 saturated heterocycles. The van der Waals surface area contributed by atoms with Crippen LogP contribution in [0.2, 0.25) is 5.02 Å². The van der Waals surface area contributed by atoms with E-state index < -0.39 is 6.04 Å². The number of nitrogens with one attached hydrogen (secondary N) is 3. The zero-order valence-corrected chi connectivity index (χ0v) is 30.3. The van der Waals surface area contributed by atoms with Crippen molar-refractivity contribution >= 4 is 65.6 Å². The fourth-order valence-corrected chi connectivity index (χ4v) is 7.30. The van der Waals surface area contributed by atoms with Crippen LogP contribution in [-0.2, 0) is 20.7 Å².